The monoisotopic (exact) mass is 159 g/mol. The lowest BCUT2D eigenvalue weighted by Crippen LogP contribution is -2.28. The lowest BCUT2D eigenvalue weighted by atomic mass is 10.0. The van der Waals surface area contributed by atoms with Crippen LogP contribution in [0.4, 0.5) is 0 Å². The van der Waals surface area contributed by atoms with Crippen molar-refractivity contribution < 1.29 is 4.79 Å². The predicted molar refractivity (Wildman–Crippen MR) is 49.5 cm³/mol. The molecule has 0 amide bonds. The molecule has 0 aliphatic carbocycles. The van der Waals surface area contributed by atoms with Crippen LogP contribution in [0.3, 0.4) is 0 Å². The third-order valence-electron chi connectivity index (χ3n) is 1.38. The largest absolute Gasteiger partial charge is 0.327 e. The molecule has 1 unspecified atom stereocenters. The van der Waals surface area contributed by atoms with Crippen LogP contribution in [-0.4, -0.2) is 11.8 Å². The van der Waals surface area contributed by atoms with E-state index in [1.54, 1.807) is 6.92 Å². The van der Waals surface area contributed by atoms with Crippen LogP contribution in [-0.2, 0) is 4.79 Å². The van der Waals surface area contributed by atoms with Crippen LogP contribution in [0.1, 0.15) is 41.0 Å². The van der Waals surface area contributed by atoms with Gasteiger partial charge in [0.15, 0.2) is 0 Å². The molecule has 1 atom stereocenters. The van der Waals surface area contributed by atoms with Gasteiger partial charge < -0.3 is 5.73 Å². The van der Waals surface area contributed by atoms with Crippen molar-refractivity contribution in [1.82, 2.24) is 0 Å². The van der Waals surface area contributed by atoms with E-state index in [1.165, 1.54) is 0 Å². The standard InChI is InChI=1S/C7H15NO.C2H6/c1-5(2)7(8)4-6(3)9;1-2/h5,7H,4,8H2,1-3H3;1-2H3. The average Bonchev–Trinajstić information content (AvgIpc) is 1.90. The summed E-state index contributed by atoms with van der Waals surface area (Å²) < 4.78 is 0. The second-order valence-corrected chi connectivity index (χ2v) is 2.81. The first-order valence-corrected chi connectivity index (χ1v) is 4.29. The Hall–Kier alpha value is -0.370. The van der Waals surface area contributed by atoms with Crippen molar-refractivity contribution in [3.8, 4) is 0 Å². The van der Waals surface area contributed by atoms with Gasteiger partial charge in [-0.25, -0.2) is 0 Å². The maximum absolute atomic E-state index is 10.5. The topological polar surface area (TPSA) is 43.1 Å². The summed E-state index contributed by atoms with van der Waals surface area (Å²) >= 11 is 0. The van der Waals surface area contributed by atoms with Crippen molar-refractivity contribution in [3.63, 3.8) is 0 Å². The zero-order valence-electron chi connectivity index (χ0n) is 8.35. The molecule has 2 heteroatoms. The molecule has 0 radical (unpaired) electrons. The summed E-state index contributed by atoms with van der Waals surface area (Å²) in [6, 6.07) is 0.0440. The van der Waals surface area contributed by atoms with Crippen LogP contribution >= 0.6 is 0 Å². The Labute approximate surface area is 70.2 Å². The Balaban J connectivity index is 0. The van der Waals surface area contributed by atoms with Gasteiger partial charge in [-0.1, -0.05) is 27.7 Å². The molecule has 0 fully saturated rings. The van der Waals surface area contributed by atoms with E-state index in [4.69, 9.17) is 5.73 Å². The van der Waals surface area contributed by atoms with Crippen molar-refractivity contribution in [2.45, 2.75) is 47.1 Å². The predicted octanol–water partition coefficient (Wildman–Crippen LogP) is 1.98. The molecule has 2 nitrogen and oxygen atoms in total. The smallest absolute Gasteiger partial charge is 0.131 e. The number of hydrogen-bond acceptors (Lipinski definition) is 2. The summed E-state index contributed by atoms with van der Waals surface area (Å²) in [5.41, 5.74) is 5.60. The van der Waals surface area contributed by atoms with Gasteiger partial charge in [-0.15, -0.1) is 0 Å². The number of hydrogen-bond donors (Lipinski definition) is 1. The van der Waals surface area contributed by atoms with E-state index in [0.717, 1.165) is 0 Å². The normalized spacial score (nSPS) is 11.9. The van der Waals surface area contributed by atoms with Gasteiger partial charge in [0.1, 0.15) is 5.78 Å². The summed E-state index contributed by atoms with van der Waals surface area (Å²) in [5, 5.41) is 0. The highest BCUT2D eigenvalue weighted by Crippen LogP contribution is 2.02. The quantitative estimate of drug-likeness (QED) is 0.684. The molecule has 0 aromatic heterocycles. The molecule has 2 N–H and O–H groups in total. The van der Waals surface area contributed by atoms with Gasteiger partial charge >= 0.3 is 0 Å². The maximum Gasteiger partial charge on any atom is 0.131 e. The highest BCUT2D eigenvalue weighted by molar-refractivity contribution is 5.76. The fourth-order valence-electron chi connectivity index (χ4n) is 0.568. The van der Waals surface area contributed by atoms with Crippen LogP contribution in [0.2, 0.25) is 0 Å². The third kappa shape index (κ3) is 9.63. The van der Waals surface area contributed by atoms with E-state index < -0.39 is 0 Å². The second-order valence-electron chi connectivity index (χ2n) is 2.81. The van der Waals surface area contributed by atoms with Crippen LogP contribution in [0.25, 0.3) is 0 Å². The molecule has 0 heterocycles. The van der Waals surface area contributed by atoms with E-state index >= 15 is 0 Å². The van der Waals surface area contributed by atoms with Gasteiger partial charge in [-0.3, -0.25) is 4.79 Å². The fraction of sp³-hybridized carbons (Fsp3) is 0.889. The van der Waals surface area contributed by atoms with Crippen LogP contribution in [0.5, 0.6) is 0 Å². The van der Waals surface area contributed by atoms with E-state index in [2.05, 4.69) is 0 Å². The average molecular weight is 159 g/mol. The molecule has 0 aromatic rings. The van der Waals surface area contributed by atoms with E-state index in [0.29, 0.717) is 12.3 Å². The van der Waals surface area contributed by atoms with Gasteiger partial charge in [0.05, 0.1) is 0 Å². The Morgan fingerprint density at radius 1 is 1.36 bits per heavy atom. The Morgan fingerprint density at radius 2 is 1.73 bits per heavy atom. The van der Waals surface area contributed by atoms with Crippen molar-refractivity contribution in [3.05, 3.63) is 0 Å². The molecular weight excluding hydrogens is 138 g/mol. The molecule has 0 bridgehead atoms. The Bertz CT molecular complexity index is 99.7. The van der Waals surface area contributed by atoms with E-state index in [-0.39, 0.29) is 11.8 Å². The zero-order chi connectivity index (χ0) is 9.44. The van der Waals surface area contributed by atoms with E-state index in [1.807, 2.05) is 27.7 Å². The lowest BCUT2D eigenvalue weighted by molar-refractivity contribution is -0.117. The molecule has 68 valence electrons. The molecule has 0 spiro atoms. The summed E-state index contributed by atoms with van der Waals surface area (Å²) in [4.78, 5) is 10.5. The fourth-order valence-corrected chi connectivity index (χ4v) is 0.568. The number of nitrogens with two attached hydrogens (primary N) is 1. The van der Waals surface area contributed by atoms with Crippen LogP contribution in [0, 0.1) is 5.92 Å². The van der Waals surface area contributed by atoms with Crippen molar-refractivity contribution in [1.29, 1.82) is 0 Å². The number of carbonyl (C=O) groups excluding carboxylic acids is 1. The maximum atomic E-state index is 10.5. The minimum absolute atomic E-state index is 0.0440. The van der Waals surface area contributed by atoms with Crippen molar-refractivity contribution in [2.75, 3.05) is 0 Å². The lowest BCUT2D eigenvalue weighted by Gasteiger charge is -2.12. The van der Waals surface area contributed by atoms with Crippen molar-refractivity contribution in [2.24, 2.45) is 11.7 Å². The second kappa shape index (κ2) is 7.73. The first-order chi connectivity index (χ1) is 5.04. The summed E-state index contributed by atoms with van der Waals surface area (Å²) in [5.74, 6) is 0.588. The number of ketones is 1. The molecule has 0 saturated carbocycles. The first kappa shape index (κ1) is 13.2. The minimum atomic E-state index is 0.0440. The zero-order valence-corrected chi connectivity index (χ0v) is 8.35. The summed E-state index contributed by atoms with van der Waals surface area (Å²) in [6.07, 6.45) is 0.512. The Morgan fingerprint density at radius 3 is 1.82 bits per heavy atom. The van der Waals surface area contributed by atoms with Crippen LogP contribution < -0.4 is 5.73 Å². The highest BCUT2D eigenvalue weighted by Gasteiger charge is 2.08. The number of rotatable bonds is 3. The Kier molecular flexibility index (Phi) is 9.31. The van der Waals surface area contributed by atoms with E-state index in [9.17, 15) is 4.79 Å². The molecule has 0 aliphatic rings. The van der Waals surface area contributed by atoms with Gasteiger partial charge in [0.2, 0.25) is 0 Å². The third-order valence-corrected chi connectivity index (χ3v) is 1.38. The summed E-state index contributed by atoms with van der Waals surface area (Å²) in [7, 11) is 0. The van der Waals surface area contributed by atoms with Crippen LogP contribution in [0.15, 0.2) is 0 Å². The van der Waals surface area contributed by atoms with Gasteiger partial charge in [0.25, 0.3) is 0 Å². The van der Waals surface area contributed by atoms with Crippen molar-refractivity contribution >= 4 is 5.78 Å². The van der Waals surface area contributed by atoms with Gasteiger partial charge in [-0.2, -0.15) is 0 Å². The molecule has 11 heavy (non-hydrogen) atoms. The first-order valence-electron chi connectivity index (χ1n) is 4.29. The number of Topliss-reactive ketones (excluding diaryl/α,β-unsaturated/α-hetero) is 1. The SMILES string of the molecule is CC.CC(=O)CC(N)C(C)C. The molecule has 0 rings (SSSR count). The highest BCUT2D eigenvalue weighted by atomic mass is 16.1. The molecule has 0 aliphatic heterocycles. The molecule has 0 saturated heterocycles. The number of carbonyl (C=O) groups is 1. The summed E-state index contributed by atoms with van der Waals surface area (Å²) in [6.45, 7) is 9.61. The molecule has 0 aromatic carbocycles. The molecular formula is C9H21NO. The minimum Gasteiger partial charge on any atom is -0.327 e. The van der Waals surface area contributed by atoms with Gasteiger partial charge in [-0.05, 0) is 12.8 Å². The van der Waals surface area contributed by atoms with Gasteiger partial charge in [0, 0.05) is 12.5 Å².